The molecule has 3 aromatic rings. The van der Waals surface area contributed by atoms with Gasteiger partial charge in [0, 0.05) is 12.5 Å². The standard InChI is InChI=1S/C24H23NO5/c26-16-7-5-6-15(12-16)23(28)22(27)13-25-24(29)30-14-21-19-10-3-1-8-17(19)18-9-2-4-11-20(18)21/h1-12,21-23,26-28H,13-14H2,(H,25,29). The number of hydrogen-bond acceptors (Lipinski definition) is 5. The summed E-state index contributed by atoms with van der Waals surface area (Å²) in [5.41, 5.74) is 4.88. The number of nitrogens with one attached hydrogen (secondary N) is 1. The minimum atomic E-state index is -1.24. The van der Waals surface area contributed by atoms with E-state index in [1.807, 2.05) is 36.4 Å². The zero-order valence-electron chi connectivity index (χ0n) is 16.2. The van der Waals surface area contributed by atoms with Crippen molar-refractivity contribution >= 4 is 6.09 Å². The van der Waals surface area contributed by atoms with Crippen LogP contribution in [0, 0.1) is 0 Å². The van der Waals surface area contributed by atoms with Gasteiger partial charge in [0.15, 0.2) is 0 Å². The SMILES string of the molecule is O=C(NCC(O)C(O)c1cccc(O)c1)OCC1c2ccccc2-c2ccccc21. The first-order valence-corrected chi connectivity index (χ1v) is 9.78. The van der Waals surface area contributed by atoms with Gasteiger partial charge in [0.1, 0.15) is 24.6 Å². The van der Waals surface area contributed by atoms with Crippen molar-refractivity contribution in [1.29, 1.82) is 0 Å². The first kappa shape index (κ1) is 19.9. The molecule has 0 radical (unpaired) electrons. The number of benzene rings is 3. The molecule has 0 aliphatic heterocycles. The van der Waals surface area contributed by atoms with Crippen molar-refractivity contribution in [2.24, 2.45) is 0 Å². The minimum Gasteiger partial charge on any atom is -0.508 e. The first-order valence-electron chi connectivity index (χ1n) is 9.78. The number of phenols is 1. The highest BCUT2D eigenvalue weighted by molar-refractivity contribution is 5.79. The van der Waals surface area contributed by atoms with Gasteiger partial charge in [-0.2, -0.15) is 0 Å². The lowest BCUT2D eigenvalue weighted by Gasteiger charge is -2.19. The Bertz CT molecular complexity index is 1010. The number of hydrogen-bond donors (Lipinski definition) is 4. The number of alkyl carbamates (subject to hydrolysis) is 1. The summed E-state index contributed by atoms with van der Waals surface area (Å²) >= 11 is 0. The van der Waals surface area contributed by atoms with Crippen molar-refractivity contribution in [2.75, 3.05) is 13.2 Å². The van der Waals surface area contributed by atoms with Gasteiger partial charge in [-0.25, -0.2) is 4.79 Å². The maximum Gasteiger partial charge on any atom is 0.407 e. The number of phenolic OH excluding ortho intramolecular Hbond substituents is 1. The summed E-state index contributed by atoms with van der Waals surface area (Å²) in [6, 6.07) is 22.1. The van der Waals surface area contributed by atoms with Crippen LogP contribution in [0.15, 0.2) is 72.8 Å². The van der Waals surface area contributed by atoms with E-state index in [2.05, 4.69) is 17.4 Å². The molecule has 0 heterocycles. The van der Waals surface area contributed by atoms with Crippen LogP contribution in [0.25, 0.3) is 11.1 Å². The number of rotatable bonds is 6. The van der Waals surface area contributed by atoms with Gasteiger partial charge in [-0.3, -0.25) is 0 Å². The van der Waals surface area contributed by atoms with E-state index < -0.39 is 18.3 Å². The summed E-state index contributed by atoms with van der Waals surface area (Å²) in [7, 11) is 0. The predicted molar refractivity (Wildman–Crippen MR) is 112 cm³/mol. The van der Waals surface area contributed by atoms with Crippen LogP contribution in [0.1, 0.15) is 28.7 Å². The minimum absolute atomic E-state index is 0.0109. The molecule has 154 valence electrons. The number of carbonyl (C=O) groups is 1. The normalized spacial score (nSPS) is 14.5. The number of ether oxygens (including phenoxy) is 1. The summed E-state index contributed by atoms with van der Waals surface area (Å²) in [4.78, 5) is 12.2. The quantitative estimate of drug-likeness (QED) is 0.504. The average Bonchev–Trinajstić information content (AvgIpc) is 3.09. The molecule has 1 amide bonds. The Hall–Kier alpha value is -3.35. The summed E-state index contributed by atoms with van der Waals surface area (Å²) in [6.07, 6.45) is -3.16. The van der Waals surface area contributed by atoms with E-state index in [1.165, 1.54) is 12.1 Å². The molecule has 0 saturated carbocycles. The molecule has 2 unspecified atom stereocenters. The molecule has 1 aliphatic carbocycles. The molecule has 3 aromatic carbocycles. The van der Waals surface area contributed by atoms with Crippen molar-refractivity contribution in [3.05, 3.63) is 89.5 Å². The zero-order chi connectivity index (χ0) is 21.1. The third-order valence-corrected chi connectivity index (χ3v) is 5.38. The number of fused-ring (bicyclic) bond motifs is 3. The van der Waals surface area contributed by atoms with Gasteiger partial charge in [0.25, 0.3) is 0 Å². The van der Waals surface area contributed by atoms with Gasteiger partial charge < -0.3 is 25.4 Å². The fraction of sp³-hybridized carbons (Fsp3) is 0.208. The number of aliphatic hydroxyl groups is 2. The summed E-state index contributed by atoms with van der Waals surface area (Å²) < 4.78 is 5.41. The number of carbonyl (C=O) groups excluding carboxylic acids is 1. The van der Waals surface area contributed by atoms with Gasteiger partial charge in [-0.05, 0) is 39.9 Å². The Morgan fingerprint density at radius 1 is 0.933 bits per heavy atom. The fourth-order valence-corrected chi connectivity index (χ4v) is 3.88. The topological polar surface area (TPSA) is 99.0 Å². The highest BCUT2D eigenvalue weighted by atomic mass is 16.5. The lowest BCUT2D eigenvalue weighted by Crippen LogP contribution is -2.36. The molecular weight excluding hydrogens is 382 g/mol. The molecule has 4 rings (SSSR count). The lowest BCUT2D eigenvalue weighted by atomic mass is 9.98. The molecule has 1 aliphatic rings. The number of aliphatic hydroxyl groups excluding tert-OH is 2. The molecule has 0 bridgehead atoms. The second-order valence-electron chi connectivity index (χ2n) is 7.31. The molecule has 2 atom stereocenters. The van der Waals surface area contributed by atoms with E-state index in [9.17, 15) is 20.1 Å². The van der Waals surface area contributed by atoms with Crippen molar-refractivity contribution in [2.45, 2.75) is 18.1 Å². The Morgan fingerprint density at radius 3 is 2.20 bits per heavy atom. The van der Waals surface area contributed by atoms with Gasteiger partial charge in [0.05, 0.1) is 0 Å². The van der Waals surface area contributed by atoms with E-state index in [0.717, 1.165) is 22.3 Å². The van der Waals surface area contributed by atoms with E-state index in [0.29, 0.717) is 5.56 Å². The van der Waals surface area contributed by atoms with E-state index in [-0.39, 0.29) is 24.8 Å². The van der Waals surface area contributed by atoms with E-state index >= 15 is 0 Å². The number of aromatic hydroxyl groups is 1. The fourth-order valence-electron chi connectivity index (χ4n) is 3.88. The molecule has 4 N–H and O–H groups in total. The zero-order valence-corrected chi connectivity index (χ0v) is 16.2. The Balaban J connectivity index is 1.34. The predicted octanol–water partition coefficient (Wildman–Crippen LogP) is 3.33. The van der Waals surface area contributed by atoms with Crippen molar-refractivity contribution < 1.29 is 24.9 Å². The summed E-state index contributed by atoms with van der Waals surface area (Å²) in [6.45, 7) is -0.0153. The van der Waals surface area contributed by atoms with Crippen molar-refractivity contribution in [1.82, 2.24) is 5.32 Å². The van der Waals surface area contributed by atoms with E-state index in [4.69, 9.17) is 4.74 Å². The lowest BCUT2D eigenvalue weighted by molar-refractivity contribution is 0.0184. The molecule has 0 saturated heterocycles. The van der Waals surface area contributed by atoms with E-state index in [1.54, 1.807) is 12.1 Å². The largest absolute Gasteiger partial charge is 0.508 e. The Morgan fingerprint density at radius 2 is 1.57 bits per heavy atom. The third-order valence-electron chi connectivity index (χ3n) is 5.38. The molecule has 6 nitrogen and oxygen atoms in total. The molecule has 30 heavy (non-hydrogen) atoms. The highest BCUT2D eigenvalue weighted by Gasteiger charge is 2.29. The average molecular weight is 405 g/mol. The third kappa shape index (κ3) is 4.01. The van der Waals surface area contributed by atoms with Gasteiger partial charge >= 0.3 is 6.09 Å². The Labute approximate surface area is 174 Å². The van der Waals surface area contributed by atoms with Crippen LogP contribution in [-0.2, 0) is 4.74 Å². The molecule has 0 fully saturated rings. The molecule has 6 heteroatoms. The van der Waals surface area contributed by atoms with Crippen LogP contribution >= 0.6 is 0 Å². The highest BCUT2D eigenvalue weighted by Crippen LogP contribution is 2.44. The van der Waals surface area contributed by atoms with Crippen LogP contribution in [0.4, 0.5) is 4.79 Å². The maximum atomic E-state index is 12.2. The second-order valence-corrected chi connectivity index (χ2v) is 7.31. The van der Waals surface area contributed by atoms with Crippen LogP contribution in [0.3, 0.4) is 0 Å². The van der Waals surface area contributed by atoms with Crippen molar-refractivity contribution in [3.8, 4) is 16.9 Å². The van der Waals surface area contributed by atoms with Gasteiger partial charge in [0.2, 0.25) is 0 Å². The summed E-state index contributed by atoms with van der Waals surface area (Å²) in [5.74, 6) is -0.0609. The maximum absolute atomic E-state index is 12.2. The van der Waals surface area contributed by atoms with Gasteiger partial charge in [-0.15, -0.1) is 0 Å². The smallest absolute Gasteiger partial charge is 0.407 e. The number of amides is 1. The van der Waals surface area contributed by atoms with Crippen LogP contribution < -0.4 is 5.32 Å². The summed E-state index contributed by atoms with van der Waals surface area (Å²) in [5, 5.41) is 32.3. The first-order chi connectivity index (χ1) is 14.5. The van der Waals surface area contributed by atoms with Crippen LogP contribution in [0.2, 0.25) is 0 Å². The molecule has 0 spiro atoms. The second kappa shape index (κ2) is 8.57. The molecular formula is C24H23NO5. The molecule has 0 aromatic heterocycles. The van der Waals surface area contributed by atoms with Crippen LogP contribution in [-0.4, -0.2) is 40.7 Å². The van der Waals surface area contributed by atoms with Gasteiger partial charge in [-0.1, -0.05) is 60.7 Å². The Kier molecular flexibility index (Phi) is 5.70. The van der Waals surface area contributed by atoms with Crippen molar-refractivity contribution in [3.63, 3.8) is 0 Å². The van der Waals surface area contributed by atoms with Crippen LogP contribution in [0.5, 0.6) is 5.75 Å². The monoisotopic (exact) mass is 405 g/mol.